The van der Waals surface area contributed by atoms with Gasteiger partial charge in [0.2, 0.25) is 53.2 Å². The molecule has 3 fully saturated rings. The number of urea groups is 1. The molecule has 1 aromatic carbocycles. The molecule has 4 rings (SSSR count). The van der Waals surface area contributed by atoms with Gasteiger partial charge in [-0.15, -0.1) is 0 Å². The van der Waals surface area contributed by atoms with Crippen molar-refractivity contribution in [3.8, 4) is 5.75 Å². The minimum Gasteiger partial charge on any atom is -0.508 e. The topological polar surface area (TPSA) is 371 Å². The van der Waals surface area contributed by atoms with Crippen molar-refractivity contribution in [1.82, 2.24) is 48.0 Å². The van der Waals surface area contributed by atoms with E-state index in [9.17, 15) is 53.1 Å². The van der Waals surface area contributed by atoms with Crippen molar-refractivity contribution in [3.05, 3.63) is 29.8 Å². The average molecular weight is 974 g/mol. The van der Waals surface area contributed by atoms with Crippen molar-refractivity contribution in [2.45, 2.75) is 138 Å². The number of hydrogen-bond donors (Lipinski definition) is 13. The number of hydrogen-bond acceptors (Lipinski definition) is 13. The minimum absolute atomic E-state index is 0.0604. The summed E-state index contributed by atoms with van der Waals surface area (Å²) in [5.41, 5.74) is 12.9. The van der Waals surface area contributed by atoms with Gasteiger partial charge < -0.3 is 59.1 Å². The second-order valence-corrected chi connectivity index (χ2v) is 18.8. The Hall–Kier alpha value is -6.17. The smallest absolute Gasteiger partial charge is 0.315 e. The molecule has 23 nitrogen and oxygen atoms in total. The van der Waals surface area contributed by atoms with E-state index < -0.39 is 84.4 Å². The van der Waals surface area contributed by atoms with Crippen molar-refractivity contribution in [1.29, 1.82) is 0 Å². The molecule has 1 unspecified atom stereocenters. The molecule has 376 valence electrons. The zero-order chi connectivity index (χ0) is 49.6. The summed E-state index contributed by atoms with van der Waals surface area (Å²) in [6.45, 7) is -0.855. The standard InChI is InChI=1S/C44H67N11O12S/c45-34(57)17-16-30(51-41(63)27(21-36(59)55-67)19-25-7-1-2-8-25)43(65)52-31(20-26-12-14-28(56)15-13-26)42(64)49-22-37(60)48-23-38(61)50-29(40(46)62)9-5-6-18-47-35(58)11-4-3-10-33-39-32(24-68-33)53-44(66)54-39/h12-15,25,27,29-33,39,56,67H,1-11,16-24H2,(H2,45,57)(H2,46,62)(H,47,58)(H,48,60)(H,49,64)(H,50,61)(H,51,63)(H,52,65)(H,55,59)(H2,53,54,66)/t27?,29-,30-,31-,32-,33-,39-/m0/s1. The Morgan fingerprint density at radius 1 is 0.721 bits per heavy atom. The highest BCUT2D eigenvalue weighted by Crippen LogP contribution is 2.33. The van der Waals surface area contributed by atoms with Gasteiger partial charge in [0, 0.05) is 49.1 Å². The first-order valence-corrected chi connectivity index (χ1v) is 24.2. The van der Waals surface area contributed by atoms with Gasteiger partial charge in [0.25, 0.3) is 0 Å². The Morgan fingerprint density at radius 2 is 1.43 bits per heavy atom. The SMILES string of the molecule is NC(=O)CC[C@H](NC(=O)C(CC(=O)NO)CC1CCCC1)C(=O)N[C@@H](Cc1ccc(O)cc1)C(=O)NCC(=O)NCC(=O)N[C@@H](CCCCNC(=O)CCCC[C@@H]1SC[C@@H]2NC(=O)N[C@@H]21)C(N)=O. The fourth-order valence-corrected chi connectivity index (χ4v) is 10.1. The van der Waals surface area contributed by atoms with Crippen LogP contribution < -0.4 is 59.5 Å². The van der Waals surface area contributed by atoms with Gasteiger partial charge in [0.05, 0.1) is 25.2 Å². The van der Waals surface area contributed by atoms with Crippen LogP contribution in [0, 0.1) is 11.8 Å². The lowest BCUT2D eigenvalue weighted by molar-refractivity contribution is -0.137. The lowest BCUT2D eigenvalue weighted by Gasteiger charge is -2.25. The lowest BCUT2D eigenvalue weighted by Crippen LogP contribution is -2.56. The minimum atomic E-state index is -1.39. The Bertz CT molecular complexity index is 1940. The van der Waals surface area contributed by atoms with E-state index in [0.717, 1.165) is 44.3 Å². The molecule has 1 aliphatic carbocycles. The van der Waals surface area contributed by atoms with E-state index in [2.05, 4.69) is 42.5 Å². The molecule has 2 heterocycles. The van der Waals surface area contributed by atoms with Gasteiger partial charge in [0.15, 0.2) is 0 Å². The zero-order valence-corrected chi connectivity index (χ0v) is 38.9. The first-order chi connectivity index (χ1) is 32.5. The molecule has 15 N–H and O–H groups in total. The van der Waals surface area contributed by atoms with Crippen LogP contribution >= 0.6 is 11.8 Å². The molecular formula is C44H67N11O12S. The Labute approximate surface area is 398 Å². The molecular weight excluding hydrogens is 907 g/mol. The van der Waals surface area contributed by atoms with E-state index >= 15 is 0 Å². The van der Waals surface area contributed by atoms with Crippen molar-refractivity contribution < 1.29 is 58.3 Å². The third kappa shape index (κ3) is 19.2. The van der Waals surface area contributed by atoms with Crippen molar-refractivity contribution >= 4 is 71.0 Å². The van der Waals surface area contributed by atoms with E-state index in [1.165, 1.54) is 29.7 Å². The van der Waals surface area contributed by atoms with Crippen LogP contribution in [-0.4, -0.2) is 130 Å². The molecule has 3 aliphatic rings. The zero-order valence-electron chi connectivity index (χ0n) is 38.1. The van der Waals surface area contributed by atoms with Crippen LogP contribution in [0.4, 0.5) is 4.79 Å². The molecule has 1 saturated carbocycles. The maximum absolute atomic E-state index is 13.8. The summed E-state index contributed by atoms with van der Waals surface area (Å²) in [5, 5.41) is 40.4. The van der Waals surface area contributed by atoms with E-state index in [1.807, 2.05) is 11.8 Å². The molecule has 24 heteroatoms. The number of primary amides is 2. The van der Waals surface area contributed by atoms with Crippen molar-refractivity contribution in [2.24, 2.45) is 23.3 Å². The van der Waals surface area contributed by atoms with Gasteiger partial charge in [-0.3, -0.25) is 48.4 Å². The maximum Gasteiger partial charge on any atom is 0.315 e. The summed E-state index contributed by atoms with van der Waals surface area (Å²) in [4.78, 5) is 126. The van der Waals surface area contributed by atoms with E-state index in [-0.39, 0.29) is 67.8 Å². The van der Waals surface area contributed by atoms with Gasteiger partial charge >= 0.3 is 6.03 Å². The summed E-state index contributed by atoms with van der Waals surface area (Å²) in [7, 11) is 0. The number of amides is 11. The number of carbonyl (C=O) groups is 10. The Kier molecular flexibility index (Phi) is 22.6. The van der Waals surface area contributed by atoms with Crippen molar-refractivity contribution in [3.63, 3.8) is 0 Å². The number of nitrogens with one attached hydrogen (secondary N) is 9. The summed E-state index contributed by atoms with van der Waals surface area (Å²) in [6.07, 6.45) is 6.82. The second-order valence-electron chi connectivity index (χ2n) is 17.6. The molecule has 11 amide bonds. The number of nitrogens with two attached hydrogens (primary N) is 2. The largest absolute Gasteiger partial charge is 0.508 e. The number of phenolic OH excluding ortho intramolecular Hbond substituents is 1. The number of thioether (sulfide) groups is 1. The third-order valence-electron chi connectivity index (χ3n) is 12.2. The molecule has 1 aromatic rings. The van der Waals surface area contributed by atoms with Crippen LogP contribution in [0.3, 0.4) is 0 Å². The number of unbranched alkanes of at least 4 members (excludes halogenated alkanes) is 2. The molecule has 68 heavy (non-hydrogen) atoms. The predicted molar refractivity (Wildman–Crippen MR) is 247 cm³/mol. The highest BCUT2D eigenvalue weighted by Gasteiger charge is 2.42. The van der Waals surface area contributed by atoms with Gasteiger partial charge in [-0.1, -0.05) is 44.2 Å². The lowest BCUT2D eigenvalue weighted by atomic mass is 9.89. The maximum atomic E-state index is 13.8. The van der Waals surface area contributed by atoms with E-state index in [1.54, 1.807) is 0 Å². The fourth-order valence-electron chi connectivity index (χ4n) is 8.52. The van der Waals surface area contributed by atoms with Gasteiger partial charge in [-0.2, -0.15) is 11.8 Å². The quantitative estimate of drug-likeness (QED) is 0.0181. The molecule has 7 atom stereocenters. The van der Waals surface area contributed by atoms with Crippen LogP contribution in [0.15, 0.2) is 24.3 Å². The number of rotatable bonds is 30. The molecule has 0 spiro atoms. The first-order valence-electron chi connectivity index (χ1n) is 23.2. The average Bonchev–Trinajstić information content (AvgIpc) is 4.05. The summed E-state index contributed by atoms with van der Waals surface area (Å²) < 4.78 is 0. The number of benzene rings is 1. The Morgan fingerprint density at radius 3 is 2.12 bits per heavy atom. The van der Waals surface area contributed by atoms with Crippen LogP contribution in [-0.2, 0) is 49.6 Å². The predicted octanol–water partition coefficient (Wildman–Crippen LogP) is -1.52. The van der Waals surface area contributed by atoms with Crippen LogP contribution in [0.1, 0.15) is 102 Å². The normalized spacial score (nSPS) is 19.1. The molecule has 2 aliphatic heterocycles. The third-order valence-corrected chi connectivity index (χ3v) is 13.7. The second kappa shape index (κ2) is 28.2. The van der Waals surface area contributed by atoms with E-state index in [4.69, 9.17) is 16.7 Å². The van der Waals surface area contributed by atoms with Crippen molar-refractivity contribution in [2.75, 3.05) is 25.4 Å². The number of phenols is 1. The van der Waals surface area contributed by atoms with Crippen LogP contribution in [0.25, 0.3) is 0 Å². The van der Waals surface area contributed by atoms with Crippen LogP contribution in [0.5, 0.6) is 5.75 Å². The van der Waals surface area contributed by atoms with Gasteiger partial charge in [-0.25, -0.2) is 10.3 Å². The number of carbonyl (C=O) groups excluding carboxylic acids is 10. The molecule has 2 saturated heterocycles. The fraction of sp³-hybridized carbons (Fsp3) is 0.636. The summed E-state index contributed by atoms with van der Waals surface area (Å²) >= 11 is 1.83. The summed E-state index contributed by atoms with van der Waals surface area (Å²) in [5.74, 6) is -6.33. The number of aromatic hydroxyl groups is 1. The highest BCUT2D eigenvalue weighted by atomic mass is 32.2. The molecule has 0 radical (unpaired) electrons. The van der Waals surface area contributed by atoms with Gasteiger partial charge in [-0.05, 0) is 68.6 Å². The number of hydroxylamine groups is 1. The first kappa shape index (κ1) is 54.4. The van der Waals surface area contributed by atoms with Crippen LogP contribution in [0.2, 0.25) is 0 Å². The highest BCUT2D eigenvalue weighted by molar-refractivity contribution is 8.00. The summed E-state index contributed by atoms with van der Waals surface area (Å²) in [6, 6.07) is 2.07. The molecule has 0 aromatic heterocycles. The van der Waals surface area contributed by atoms with E-state index in [0.29, 0.717) is 49.5 Å². The number of fused-ring (bicyclic) bond motifs is 1. The molecule has 0 bridgehead atoms. The monoisotopic (exact) mass is 973 g/mol. The van der Waals surface area contributed by atoms with Gasteiger partial charge in [0.1, 0.15) is 23.9 Å². The Balaban J connectivity index is 1.22.